The van der Waals surface area contributed by atoms with E-state index in [2.05, 4.69) is 5.32 Å². The fourth-order valence-electron chi connectivity index (χ4n) is 2.06. The highest BCUT2D eigenvalue weighted by Gasteiger charge is 2.11. The summed E-state index contributed by atoms with van der Waals surface area (Å²) >= 11 is 0. The number of benzene rings is 2. The van der Waals surface area contributed by atoms with Crippen LogP contribution in [0.25, 0.3) is 0 Å². The molecule has 20 heavy (non-hydrogen) atoms. The Kier molecular flexibility index (Phi) is 4.35. The summed E-state index contributed by atoms with van der Waals surface area (Å²) in [6.07, 6.45) is 0.651. The predicted octanol–water partition coefficient (Wildman–Crippen LogP) is 2.69. The Morgan fingerprint density at radius 3 is 2.55 bits per heavy atom. The number of nitrogens with two attached hydrogens (primary N) is 1. The van der Waals surface area contributed by atoms with Gasteiger partial charge in [0.2, 0.25) is 0 Å². The van der Waals surface area contributed by atoms with Crippen LogP contribution in [0.1, 0.15) is 21.5 Å². The Labute approximate surface area is 117 Å². The average Bonchev–Trinajstić information content (AvgIpc) is 2.41. The first kappa shape index (κ1) is 14.1. The van der Waals surface area contributed by atoms with E-state index in [1.807, 2.05) is 19.1 Å². The second-order valence-electron chi connectivity index (χ2n) is 4.67. The minimum absolute atomic E-state index is 0.178. The lowest BCUT2D eigenvalue weighted by atomic mass is 10.1. The van der Waals surface area contributed by atoms with E-state index in [1.165, 1.54) is 12.1 Å². The third kappa shape index (κ3) is 3.35. The van der Waals surface area contributed by atoms with Crippen molar-refractivity contribution in [2.45, 2.75) is 13.3 Å². The summed E-state index contributed by atoms with van der Waals surface area (Å²) in [6, 6.07) is 11.6. The van der Waals surface area contributed by atoms with E-state index >= 15 is 0 Å². The number of carbonyl (C=O) groups is 1. The highest BCUT2D eigenvalue weighted by atomic mass is 19.1. The number of nitrogens with one attached hydrogen (secondary N) is 1. The van der Waals surface area contributed by atoms with Crippen molar-refractivity contribution in [2.24, 2.45) is 0 Å². The molecule has 0 bridgehead atoms. The molecule has 4 heteroatoms. The maximum atomic E-state index is 12.8. The molecule has 2 aromatic carbocycles. The van der Waals surface area contributed by atoms with E-state index in [-0.39, 0.29) is 11.7 Å². The van der Waals surface area contributed by atoms with Gasteiger partial charge in [-0.05, 0) is 42.7 Å². The van der Waals surface area contributed by atoms with E-state index in [1.54, 1.807) is 18.2 Å². The third-order valence-corrected chi connectivity index (χ3v) is 3.14. The molecular weight excluding hydrogens is 255 g/mol. The van der Waals surface area contributed by atoms with Crippen molar-refractivity contribution in [2.75, 3.05) is 12.3 Å². The van der Waals surface area contributed by atoms with Gasteiger partial charge in [0.1, 0.15) is 5.82 Å². The van der Waals surface area contributed by atoms with E-state index in [0.29, 0.717) is 24.2 Å². The molecule has 0 fully saturated rings. The molecule has 0 saturated heterocycles. The van der Waals surface area contributed by atoms with Crippen LogP contribution < -0.4 is 11.1 Å². The van der Waals surface area contributed by atoms with Crippen LogP contribution in [0.3, 0.4) is 0 Å². The Balaban J connectivity index is 1.94. The fourth-order valence-corrected chi connectivity index (χ4v) is 2.06. The van der Waals surface area contributed by atoms with Gasteiger partial charge in [0, 0.05) is 12.2 Å². The van der Waals surface area contributed by atoms with Gasteiger partial charge in [-0.15, -0.1) is 0 Å². The van der Waals surface area contributed by atoms with Gasteiger partial charge in [0.25, 0.3) is 5.91 Å². The molecule has 104 valence electrons. The summed E-state index contributed by atoms with van der Waals surface area (Å²) in [7, 11) is 0. The Morgan fingerprint density at radius 1 is 1.20 bits per heavy atom. The van der Waals surface area contributed by atoms with Gasteiger partial charge < -0.3 is 11.1 Å². The number of carbonyl (C=O) groups excluding carboxylic acids is 1. The maximum absolute atomic E-state index is 12.8. The summed E-state index contributed by atoms with van der Waals surface area (Å²) in [5.41, 5.74) is 8.64. The molecule has 2 aromatic rings. The first-order chi connectivity index (χ1) is 9.58. The molecule has 3 nitrogen and oxygen atoms in total. The highest BCUT2D eigenvalue weighted by molar-refractivity contribution is 6.00. The minimum Gasteiger partial charge on any atom is -0.398 e. The van der Waals surface area contributed by atoms with Crippen molar-refractivity contribution < 1.29 is 9.18 Å². The monoisotopic (exact) mass is 272 g/mol. The lowest BCUT2D eigenvalue weighted by Crippen LogP contribution is -2.27. The molecule has 0 heterocycles. The van der Waals surface area contributed by atoms with Crippen molar-refractivity contribution >= 4 is 11.6 Å². The summed E-state index contributed by atoms with van der Waals surface area (Å²) in [4.78, 5) is 12.1. The maximum Gasteiger partial charge on any atom is 0.253 e. The fraction of sp³-hybridized carbons (Fsp3) is 0.188. The zero-order valence-corrected chi connectivity index (χ0v) is 11.3. The van der Waals surface area contributed by atoms with Crippen LogP contribution >= 0.6 is 0 Å². The molecule has 0 spiro atoms. The summed E-state index contributed by atoms with van der Waals surface area (Å²) in [5.74, 6) is -0.437. The van der Waals surface area contributed by atoms with E-state index in [4.69, 9.17) is 5.73 Å². The molecule has 0 saturated carbocycles. The zero-order chi connectivity index (χ0) is 14.5. The molecule has 0 aliphatic carbocycles. The van der Waals surface area contributed by atoms with Crippen LogP contribution in [0.5, 0.6) is 0 Å². The van der Waals surface area contributed by atoms with Gasteiger partial charge in [0.05, 0.1) is 5.56 Å². The van der Waals surface area contributed by atoms with Crippen molar-refractivity contribution in [3.8, 4) is 0 Å². The molecule has 0 aliphatic heterocycles. The van der Waals surface area contributed by atoms with Gasteiger partial charge in [-0.25, -0.2) is 4.39 Å². The number of halogens is 1. The molecule has 0 aliphatic rings. The van der Waals surface area contributed by atoms with Gasteiger partial charge in [-0.2, -0.15) is 0 Å². The van der Waals surface area contributed by atoms with Gasteiger partial charge in [-0.1, -0.05) is 24.3 Å². The van der Waals surface area contributed by atoms with Crippen molar-refractivity contribution in [3.05, 3.63) is 65.0 Å². The Morgan fingerprint density at radius 2 is 1.90 bits per heavy atom. The van der Waals surface area contributed by atoms with E-state index < -0.39 is 0 Å². The number of hydrogen-bond donors (Lipinski definition) is 2. The smallest absolute Gasteiger partial charge is 0.253 e. The number of amides is 1. The zero-order valence-electron chi connectivity index (χ0n) is 11.3. The summed E-state index contributed by atoms with van der Waals surface area (Å²) in [6.45, 7) is 2.34. The number of hydrogen-bond acceptors (Lipinski definition) is 2. The molecule has 3 N–H and O–H groups in total. The van der Waals surface area contributed by atoms with Crippen LogP contribution in [0.4, 0.5) is 10.1 Å². The average molecular weight is 272 g/mol. The molecular formula is C16H17FN2O. The Hall–Kier alpha value is -2.36. The summed E-state index contributed by atoms with van der Waals surface area (Å²) < 4.78 is 12.8. The van der Waals surface area contributed by atoms with Crippen LogP contribution in [-0.2, 0) is 6.42 Å². The second-order valence-corrected chi connectivity index (χ2v) is 4.67. The van der Waals surface area contributed by atoms with E-state index in [0.717, 1.165) is 11.1 Å². The van der Waals surface area contributed by atoms with Gasteiger partial charge in [-0.3, -0.25) is 4.79 Å². The number of aryl methyl sites for hydroxylation is 1. The molecule has 0 unspecified atom stereocenters. The second kappa shape index (κ2) is 6.19. The van der Waals surface area contributed by atoms with Crippen LogP contribution in [0.2, 0.25) is 0 Å². The number of anilines is 1. The van der Waals surface area contributed by atoms with Crippen molar-refractivity contribution in [1.29, 1.82) is 0 Å². The molecule has 0 atom stereocenters. The van der Waals surface area contributed by atoms with Crippen LogP contribution in [0.15, 0.2) is 42.5 Å². The van der Waals surface area contributed by atoms with Gasteiger partial charge in [0.15, 0.2) is 0 Å². The lowest BCUT2D eigenvalue weighted by Gasteiger charge is -2.10. The highest BCUT2D eigenvalue weighted by Crippen LogP contribution is 2.15. The first-order valence-corrected chi connectivity index (χ1v) is 6.45. The van der Waals surface area contributed by atoms with Gasteiger partial charge >= 0.3 is 0 Å². The number of nitrogen functional groups attached to an aromatic ring is 1. The third-order valence-electron chi connectivity index (χ3n) is 3.14. The SMILES string of the molecule is Cc1cccc(N)c1C(=O)NCCc1ccc(F)cc1. The molecule has 1 amide bonds. The predicted molar refractivity (Wildman–Crippen MR) is 78.0 cm³/mol. The molecule has 0 radical (unpaired) electrons. The van der Waals surface area contributed by atoms with Crippen molar-refractivity contribution in [3.63, 3.8) is 0 Å². The number of rotatable bonds is 4. The quantitative estimate of drug-likeness (QED) is 0.841. The molecule has 2 rings (SSSR count). The summed E-state index contributed by atoms with van der Waals surface area (Å²) in [5, 5.41) is 2.83. The first-order valence-electron chi connectivity index (χ1n) is 6.45. The van der Waals surface area contributed by atoms with Crippen LogP contribution in [0, 0.1) is 12.7 Å². The van der Waals surface area contributed by atoms with E-state index in [9.17, 15) is 9.18 Å². The topological polar surface area (TPSA) is 55.1 Å². The van der Waals surface area contributed by atoms with Crippen LogP contribution in [-0.4, -0.2) is 12.5 Å². The largest absolute Gasteiger partial charge is 0.398 e. The Bertz CT molecular complexity index is 588. The minimum atomic E-state index is -0.259. The molecule has 0 aromatic heterocycles. The standard InChI is InChI=1S/C16H17FN2O/c1-11-3-2-4-14(18)15(11)16(20)19-10-9-12-5-7-13(17)8-6-12/h2-8H,9-10,18H2,1H3,(H,19,20). The normalized spacial score (nSPS) is 10.3. The van der Waals surface area contributed by atoms with Crippen molar-refractivity contribution in [1.82, 2.24) is 5.32 Å². The lowest BCUT2D eigenvalue weighted by molar-refractivity contribution is 0.0954.